The lowest BCUT2D eigenvalue weighted by molar-refractivity contribution is -0.384. The van der Waals surface area contributed by atoms with Crippen LogP contribution < -0.4 is 5.32 Å². The summed E-state index contributed by atoms with van der Waals surface area (Å²) in [6.45, 7) is 1.85. The Hall–Kier alpha value is -2.69. The number of hydrogen-bond acceptors (Lipinski definition) is 3. The molecule has 1 unspecified atom stereocenters. The number of rotatable bonds is 5. The molecule has 1 N–H and O–H groups in total. The summed E-state index contributed by atoms with van der Waals surface area (Å²) in [5.41, 5.74) is 1.67. The molecule has 1 amide bonds. The van der Waals surface area contributed by atoms with Gasteiger partial charge in [0.15, 0.2) is 0 Å². The minimum absolute atomic E-state index is 0.00494. The van der Waals surface area contributed by atoms with Crippen LogP contribution in [0.2, 0.25) is 0 Å². The van der Waals surface area contributed by atoms with Crippen LogP contribution >= 0.6 is 0 Å². The second-order valence-electron chi connectivity index (χ2n) is 4.88. The fourth-order valence-electron chi connectivity index (χ4n) is 1.99. The van der Waals surface area contributed by atoms with Crippen molar-refractivity contribution in [2.24, 2.45) is 5.92 Å². The number of amides is 1. The standard InChI is InChI=1S/C16H16N2O3/c1-12(11-13-5-3-2-4-6-13)16(19)17-14-7-9-15(10-8-14)18(20)21/h2-10,12H,11H2,1H3,(H,17,19). The fraction of sp³-hybridized carbons (Fsp3) is 0.188. The van der Waals surface area contributed by atoms with E-state index in [0.717, 1.165) is 5.56 Å². The van der Waals surface area contributed by atoms with Gasteiger partial charge in [0.25, 0.3) is 5.69 Å². The largest absolute Gasteiger partial charge is 0.326 e. The molecule has 0 aliphatic rings. The highest BCUT2D eigenvalue weighted by molar-refractivity contribution is 5.92. The van der Waals surface area contributed by atoms with Gasteiger partial charge in [-0.05, 0) is 24.1 Å². The predicted octanol–water partition coefficient (Wildman–Crippen LogP) is 3.41. The minimum atomic E-state index is -0.469. The zero-order chi connectivity index (χ0) is 15.2. The molecule has 1 atom stereocenters. The molecule has 2 aromatic carbocycles. The number of carbonyl (C=O) groups excluding carboxylic acids is 1. The molecule has 0 aromatic heterocycles. The quantitative estimate of drug-likeness (QED) is 0.675. The molecule has 2 rings (SSSR count). The molecule has 0 fully saturated rings. The Bertz CT molecular complexity index is 624. The topological polar surface area (TPSA) is 72.2 Å². The number of non-ortho nitro benzene ring substituents is 1. The molecule has 0 aliphatic carbocycles. The highest BCUT2D eigenvalue weighted by Gasteiger charge is 2.14. The molecule has 0 aliphatic heterocycles. The van der Waals surface area contributed by atoms with Crippen molar-refractivity contribution >= 4 is 17.3 Å². The van der Waals surface area contributed by atoms with Crippen LogP contribution in [0.15, 0.2) is 54.6 Å². The van der Waals surface area contributed by atoms with Crippen molar-refractivity contribution in [3.8, 4) is 0 Å². The molecule has 108 valence electrons. The van der Waals surface area contributed by atoms with Crippen LogP contribution in [0.1, 0.15) is 12.5 Å². The van der Waals surface area contributed by atoms with Crippen LogP contribution in [0.4, 0.5) is 11.4 Å². The molecule has 0 bridgehead atoms. The van der Waals surface area contributed by atoms with Crippen molar-refractivity contribution in [1.82, 2.24) is 0 Å². The van der Waals surface area contributed by atoms with Crippen molar-refractivity contribution in [2.75, 3.05) is 5.32 Å². The normalized spacial score (nSPS) is 11.7. The van der Waals surface area contributed by atoms with Crippen LogP contribution in [-0.2, 0) is 11.2 Å². The lowest BCUT2D eigenvalue weighted by atomic mass is 10.0. The van der Waals surface area contributed by atoms with E-state index in [0.29, 0.717) is 12.1 Å². The fourth-order valence-corrected chi connectivity index (χ4v) is 1.99. The Labute approximate surface area is 122 Å². The number of anilines is 1. The van der Waals surface area contributed by atoms with E-state index < -0.39 is 4.92 Å². The van der Waals surface area contributed by atoms with Crippen LogP contribution in [0.25, 0.3) is 0 Å². The molecule has 0 spiro atoms. The second-order valence-corrected chi connectivity index (χ2v) is 4.88. The minimum Gasteiger partial charge on any atom is -0.326 e. The number of hydrogen-bond donors (Lipinski definition) is 1. The Morgan fingerprint density at radius 2 is 1.76 bits per heavy atom. The maximum absolute atomic E-state index is 12.1. The number of carbonyl (C=O) groups is 1. The number of nitrogens with one attached hydrogen (secondary N) is 1. The van der Waals surface area contributed by atoms with E-state index in [2.05, 4.69) is 5.32 Å². The third kappa shape index (κ3) is 4.14. The lowest BCUT2D eigenvalue weighted by Gasteiger charge is -2.12. The molecule has 5 heteroatoms. The maximum Gasteiger partial charge on any atom is 0.269 e. The van der Waals surface area contributed by atoms with Crippen molar-refractivity contribution < 1.29 is 9.72 Å². The smallest absolute Gasteiger partial charge is 0.269 e. The van der Waals surface area contributed by atoms with E-state index in [1.807, 2.05) is 37.3 Å². The van der Waals surface area contributed by atoms with Crippen molar-refractivity contribution in [3.63, 3.8) is 0 Å². The Balaban J connectivity index is 1.95. The highest BCUT2D eigenvalue weighted by atomic mass is 16.6. The van der Waals surface area contributed by atoms with Crippen LogP contribution in [0.3, 0.4) is 0 Å². The number of nitro groups is 1. The molecule has 2 aromatic rings. The molecule has 0 heterocycles. The van der Waals surface area contributed by atoms with Gasteiger partial charge < -0.3 is 5.32 Å². The molecular formula is C16H16N2O3. The summed E-state index contributed by atoms with van der Waals surface area (Å²) in [4.78, 5) is 22.2. The van der Waals surface area contributed by atoms with Gasteiger partial charge in [0.1, 0.15) is 0 Å². The maximum atomic E-state index is 12.1. The molecule has 0 radical (unpaired) electrons. The van der Waals surface area contributed by atoms with Gasteiger partial charge in [-0.2, -0.15) is 0 Å². The van der Waals surface area contributed by atoms with Gasteiger partial charge in [-0.3, -0.25) is 14.9 Å². The summed E-state index contributed by atoms with van der Waals surface area (Å²) in [6.07, 6.45) is 0.652. The lowest BCUT2D eigenvalue weighted by Crippen LogP contribution is -2.22. The summed E-state index contributed by atoms with van der Waals surface area (Å²) in [7, 11) is 0. The van der Waals surface area contributed by atoms with Gasteiger partial charge in [0, 0.05) is 23.7 Å². The highest BCUT2D eigenvalue weighted by Crippen LogP contribution is 2.17. The molecule has 21 heavy (non-hydrogen) atoms. The average molecular weight is 284 g/mol. The van der Waals surface area contributed by atoms with Crippen molar-refractivity contribution in [2.45, 2.75) is 13.3 Å². The first kappa shape index (κ1) is 14.7. The number of benzene rings is 2. The van der Waals surface area contributed by atoms with Gasteiger partial charge in [-0.1, -0.05) is 37.3 Å². The van der Waals surface area contributed by atoms with E-state index in [1.165, 1.54) is 24.3 Å². The van der Waals surface area contributed by atoms with Crippen molar-refractivity contribution in [3.05, 3.63) is 70.3 Å². The Kier molecular flexibility index (Phi) is 4.66. The van der Waals surface area contributed by atoms with E-state index >= 15 is 0 Å². The average Bonchev–Trinajstić information content (AvgIpc) is 2.48. The predicted molar refractivity (Wildman–Crippen MR) is 81.0 cm³/mol. The van der Waals surface area contributed by atoms with E-state index in [-0.39, 0.29) is 17.5 Å². The third-order valence-corrected chi connectivity index (χ3v) is 3.18. The number of nitrogens with zero attached hydrogens (tertiary/aromatic N) is 1. The molecule has 0 saturated heterocycles. The van der Waals surface area contributed by atoms with Crippen LogP contribution in [-0.4, -0.2) is 10.8 Å². The number of nitro benzene ring substituents is 1. The first-order valence-electron chi connectivity index (χ1n) is 6.65. The van der Waals surface area contributed by atoms with E-state index in [1.54, 1.807) is 0 Å². The Morgan fingerprint density at radius 1 is 1.14 bits per heavy atom. The first-order chi connectivity index (χ1) is 10.1. The summed E-state index contributed by atoms with van der Waals surface area (Å²) in [5.74, 6) is -0.282. The Morgan fingerprint density at radius 3 is 2.33 bits per heavy atom. The third-order valence-electron chi connectivity index (χ3n) is 3.18. The summed E-state index contributed by atoms with van der Waals surface area (Å²) in [5, 5.41) is 13.3. The molecular weight excluding hydrogens is 268 g/mol. The van der Waals surface area contributed by atoms with Gasteiger partial charge >= 0.3 is 0 Å². The SMILES string of the molecule is CC(Cc1ccccc1)C(=O)Nc1ccc([N+](=O)[O-])cc1. The first-order valence-corrected chi connectivity index (χ1v) is 6.65. The zero-order valence-electron chi connectivity index (χ0n) is 11.7. The zero-order valence-corrected chi connectivity index (χ0v) is 11.7. The molecule has 5 nitrogen and oxygen atoms in total. The van der Waals surface area contributed by atoms with Crippen molar-refractivity contribution in [1.29, 1.82) is 0 Å². The van der Waals surface area contributed by atoms with Gasteiger partial charge in [-0.15, -0.1) is 0 Å². The second kappa shape index (κ2) is 6.65. The van der Waals surface area contributed by atoms with Gasteiger partial charge in [0.2, 0.25) is 5.91 Å². The van der Waals surface area contributed by atoms with E-state index in [4.69, 9.17) is 0 Å². The van der Waals surface area contributed by atoms with Gasteiger partial charge in [-0.25, -0.2) is 0 Å². The van der Waals surface area contributed by atoms with E-state index in [9.17, 15) is 14.9 Å². The summed E-state index contributed by atoms with van der Waals surface area (Å²) in [6, 6.07) is 15.6. The van der Waals surface area contributed by atoms with Crippen LogP contribution in [0, 0.1) is 16.0 Å². The monoisotopic (exact) mass is 284 g/mol. The summed E-state index contributed by atoms with van der Waals surface area (Å²) >= 11 is 0. The molecule has 0 saturated carbocycles. The van der Waals surface area contributed by atoms with Crippen LogP contribution in [0.5, 0.6) is 0 Å². The summed E-state index contributed by atoms with van der Waals surface area (Å²) < 4.78 is 0. The van der Waals surface area contributed by atoms with Gasteiger partial charge in [0.05, 0.1) is 4.92 Å².